The van der Waals surface area contributed by atoms with Crippen LogP contribution < -0.4 is 0 Å². The predicted molar refractivity (Wildman–Crippen MR) is 94.4 cm³/mol. The predicted octanol–water partition coefficient (Wildman–Crippen LogP) is 5.46. The largest absolute Gasteiger partial charge is 0.508 e. The molecule has 2 N–H and O–H groups in total. The summed E-state index contributed by atoms with van der Waals surface area (Å²) < 4.78 is 0. The molecule has 0 heterocycles. The summed E-state index contributed by atoms with van der Waals surface area (Å²) in [4.78, 5) is 0. The average molecular weight is 310 g/mol. The molecule has 2 aromatic rings. The Hall–Kier alpha value is -1.96. The lowest BCUT2D eigenvalue weighted by atomic mass is 9.74. The molecule has 1 aliphatic rings. The number of hydrogen-bond donors (Lipinski definition) is 2. The molecular formula is C21H26O2. The van der Waals surface area contributed by atoms with E-state index in [1.54, 1.807) is 12.1 Å². The van der Waals surface area contributed by atoms with Gasteiger partial charge in [-0.2, -0.15) is 0 Å². The second-order valence-electron chi connectivity index (χ2n) is 7.02. The highest BCUT2D eigenvalue weighted by molar-refractivity contribution is 5.49. The van der Waals surface area contributed by atoms with E-state index in [0.717, 1.165) is 11.1 Å². The van der Waals surface area contributed by atoms with Gasteiger partial charge in [0.2, 0.25) is 0 Å². The number of phenols is 2. The zero-order chi connectivity index (χ0) is 16.6. The Labute approximate surface area is 138 Å². The maximum Gasteiger partial charge on any atom is 0.121 e. The van der Waals surface area contributed by atoms with Crippen LogP contribution in [0.25, 0.3) is 0 Å². The molecule has 0 unspecified atom stereocenters. The third-order valence-corrected chi connectivity index (χ3v) is 5.63. The van der Waals surface area contributed by atoms with Crippen molar-refractivity contribution in [2.75, 3.05) is 0 Å². The molecule has 0 amide bonds. The molecule has 2 nitrogen and oxygen atoms in total. The van der Waals surface area contributed by atoms with Crippen LogP contribution in [0.2, 0.25) is 0 Å². The van der Waals surface area contributed by atoms with Crippen molar-refractivity contribution in [2.45, 2.75) is 58.3 Å². The van der Waals surface area contributed by atoms with Gasteiger partial charge < -0.3 is 10.2 Å². The minimum atomic E-state index is 0.341. The summed E-state index contributed by atoms with van der Waals surface area (Å²) in [6.07, 6.45) is 4.76. The topological polar surface area (TPSA) is 40.5 Å². The number of hydrogen-bond acceptors (Lipinski definition) is 2. The van der Waals surface area contributed by atoms with Gasteiger partial charge in [0.15, 0.2) is 0 Å². The van der Waals surface area contributed by atoms with Gasteiger partial charge in [-0.1, -0.05) is 18.2 Å². The summed E-state index contributed by atoms with van der Waals surface area (Å²) in [6, 6.07) is 9.88. The SMILES string of the molecule is Cc1cc(C2CCC(c3ccc(O)cc3)CC2)c(C)c(C)c1O. The molecule has 0 spiro atoms. The third kappa shape index (κ3) is 3.08. The molecule has 122 valence electrons. The fraction of sp³-hybridized carbons (Fsp3) is 0.429. The quantitative estimate of drug-likeness (QED) is 0.772. The van der Waals surface area contributed by atoms with Gasteiger partial charge >= 0.3 is 0 Å². The molecule has 23 heavy (non-hydrogen) atoms. The molecule has 2 aromatic carbocycles. The van der Waals surface area contributed by atoms with Gasteiger partial charge in [-0.3, -0.25) is 0 Å². The highest BCUT2D eigenvalue weighted by Crippen LogP contribution is 2.43. The van der Waals surface area contributed by atoms with Crippen LogP contribution in [-0.2, 0) is 0 Å². The van der Waals surface area contributed by atoms with Crippen molar-refractivity contribution in [3.8, 4) is 11.5 Å². The minimum Gasteiger partial charge on any atom is -0.508 e. The van der Waals surface area contributed by atoms with Crippen LogP contribution in [0.5, 0.6) is 11.5 Å². The molecule has 0 aliphatic heterocycles. The summed E-state index contributed by atoms with van der Waals surface area (Å²) in [5.41, 5.74) is 6.03. The highest BCUT2D eigenvalue weighted by atomic mass is 16.3. The van der Waals surface area contributed by atoms with Gasteiger partial charge in [0, 0.05) is 0 Å². The first kappa shape index (κ1) is 15.9. The number of phenolic OH excluding ortho intramolecular Hbond substituents is 2. The molecule has 2 heteroatoms. The van der Waals surface area contributed by atoms with Crippen LogP contribution in [0.1, 0.15) is 65.3 Å². The summed E-state index contributed by atoms with van der Waals surface area (Å²) in [6.45, 7) is 6.15. The molecule has 0 radical (unpaired) electrons. The minimum absolute atomic E-state index is 0.341. The van der Waals surface area contributed by atoms with Gasteiger partial charge in [-0.15, -0.1) is 0 Å². The van der Waals surface area contributed by atoms with Gasteiger partial charge in [-0.05, 0) is 98.2 Å². The average Bonchev–Trinajstić information content (AvgIpc) is 2.57. The van der Waals surface area contributed by atoms with Crippen molar-refractivity contribution in [1.29, 1.82) is 0 Å². The van der Waals surface area contributed by atoms with E-state index < -0.39 is 0 Å². The van der Waals surface area contributed by atoms with E-state index in [9.17, 15) is 10.2 Å². The van der Waals surface area contributed by atoms with Crippen molar-refractivity contribution < 1.29 is 10.2 Å². The normalized spacial score (nSPS) is 21.3. The number of rotatable bonds is 2. The summed E-state index contributed by atoms with van der Waals surface area (Å²) in [5.74, 6) is 1.99. The van der Waals surface area contributed by atoms with Crippen LogP contribution in [-0.4, -0.2) is 10.2 Å². The Bertz CT molecular complexity index is 693. The van der Waals surface area contributed by atoms with Crippen LogP contribution in [0.3, 0.4) is 0 Å². The van der Waals surface area contributed by atoms with E-state index in [0.29, 0.717) is 23.3 Å². The lowest BCUT2D eigenvalue weighted by Crippen LogP contribution is -2.13. The molecule has 0 atom stereocenters. The van der Waals surface area contributed by atoms with E-state index in [2.05, 4.69) is 25.1 Å². The van der Waals surface area contributed by atoms with Crippen molar-refractivity contribution in [2.24, 2.45) is 0 Å². The zero-order valence-corrected chi connectivity index (χ0v) is 14.3. The van der Waals surface area contributed by atoms with E-state index >= 15 is 0 Å². The fourth-order valence-electron chi connectivity index (χ4n) is 4.01. The number of benzene rings is 2. The molecular weight excluding hydrogens is 284 g/mol. The maximum absolute atomic E-state index is 10.1. The van der Waals surface area contributed by atoms with Crippen molar-refractivity contribution in [1.82, 2.24) is 0 Å². The summed E-state index contributed by atoms with van der Waals surface area (Å²) in [7, 11) is 0. The van der Waals surface area contributed by atoms with Crippen LogP contribution in [0, 0.1) is 20.8 Å². The Morgan fingerprint density at radius 2 is 1.35 bits per heavy atom. The smallest absolute Gasteiger partial charge is 0.121 e. The lowest BCUT2D eigenvalue weighted by Gasteiger charge is -2.31. The van der Waals surface area contributed by atoms with E-state index in [4.69, 9.17) is 0 Å². The van der Waals surface area contributed by atoms with Crippen molar-refractivity contribution in [3.05, 3.63) is 58.1 Å². The van der Waals surface area contributed by atoms with E-state index in [1.165, 1.54) is 42.4 Å². The van der Waals surface area contributed by atoms with E-state index in [-0.39, 0.29) is 0 Å². The number of aryl methyl sites for hydroxylation is 1. The zero-order valence-electron chi connectivity index (χ0n) is 14.3. The summed E-state index contributed by atoms with van der Waals surface area (Å²) in [5, 5.41) is 19.5. The van der Waals surface area contributed by atoms with Gasteiger partial charge in [0.05, 0.1) is 0 Å². The molecule has 1 aliphatic carbocycles. The molecule has 1 fully saturated rings. The Kier molecular flexibility index (Phi) is 4.34. The molecule has 1 saturated carbocycles. The van der Waals surface area contributed by atoms with Crippen LogP contribution >= 0.6 is 0 Å². The monoisotopic (exact) mass is 310 g/mol. The standard InChI is InChI=1S/C21H26O2/c1-13-12-20(14(2)15(3)21(13)23)18-6-4-16(5-7-18)17-8-10-19(22)11-9-17/h8-12,16,18,22-23H,4-7H2,1-3H3. The highest BCUT2D eigenvalue weighted by Gasteiger charge is 2.25. The third-order valence-electron chi connectivity index (χ3n) is 5.63. The second-order valence-corrected chi connectivity index (χ2v) is 7.02. The fourth-order valence-corrected chi connectivity index (χ4v) is 4.01. The summed E-state index contributed by atoms with van der Waals surface area (Å²) >= 11 is 0. The first-order valence-corrected chi connectivity index (χ1v) is 8.56. The molecule has 0 bridgehead atoms. The van der Waals surface area contributed by atoms with Crippen molar-refractivity contribution >= 4 is 0 Å². The Morgan fingerprint density at radius 1 is 0.783 bits per heavy atom. The first-order valence-electron chi connectivity index (χ1n) is 8.56. The van der Waals surface area contributed by atoms with Gasteiger partial charge in [-0.25, -0.2) is 0 Å². The van der Waals surface area contributed by atoms with Gasteiger partial charge in [0.1, 0.15) is 11.5 Å². The van der Waals surface area contributed by atoms with Crippen LogP contribution in [0.15, 0.2) is 30.3 Å². The van der Waals surface area contributed by atoms with E-state index in [1.807, 2.05) is 13.8 Å². The second kappa shape index (κ2) is 6.27. The molecule has 0 saturated heterocycles. The molecule has 0 aromatic heterocycles. The Balaban J connectivity index is 1.76. The van der Waals surface area contributed by atoms with Crippen molar-refractivity contribution in [3.63, 3.8) is 0 Å². The van der Waals surface area contributed by atoms with Gasteiger partial charge in [0.25, 0.3) is 0 Å². The van der Waals surface area contributed by atoms with Crippen LogP contribution in [0.4, 0.5) is 0 Å². The Morgan fingerprint density at radius 3 is 1.96 bits per heavy atom. The number of aromatic hydroxyl groups is 2. The first-order chi connectivity index (χ1) is 11.0. The maximum atomic E-state index is 10.1. The molecule has 3 rings (SSSR count). The lowest BCUT2D eigenvalue weighted by molar-refractivity contribution is 0.394.